The molecule has 0 radical (unpaired) electrons. The quantitative estimate of drug-likeness (QED) is 0.674. The smallest absolute Gasteiger partial charge is 0.331 e. The topological polar surface area (TPSA) is 95.5 Å². The van der Waals surface area contributed by atoms with Crippen molar-refractivity contribution < 1.29 is 19.5 Å². The molecule has 3 amide bonds. The molecule has 0 aromatic carbocycles. The molecule has 0 bridgehead atoms. The molecule has 6 heteroatoms. The fourth-order valence-corrected chi connectivity index (χ4v) is 1.97. The van der Waals surface area contributed by atoms with Crippen LogP contribution in [0.4, 0.5) is 4.79 Å². The van der Waals surface area contributed by atoms with E-state index in [1.807, 2.05) is 6.92 Å². The van der Waals surface area contributed by atoms with Gasteiger partial charge in [0.1, 0.15) is 0 Å². The van der Waals surface area contributed by atoms with Gasteiger partial charge >= 0.3 is 12.0 Å². The first-order valence-corrected chi connectivity index (χ1v) is 6.35. The van der Waals surface area contributed by atoms with Crippen LogP contribution in [0.5, 0.6) is 0 Å². The summed E-state index contributed by atoms with van der Waals surface area (Å²) < 4.78 is 0. The van der Waals surface area contributed by atoms with Crippen LogP contribution in [-0.4, -0.2) is 28.6 Å². The van der Waals surface area contributed by atoms with Crippen molar-refractivity contribution in [2.24, 2.45) is 0 Å². The predicted octanol–water partition coefficient (Wildman–Crippen LogP) is 1.57. The maximum atomic E-state index is 11.7. The Kier molecular flexibility index (Phi) is 4.69. The minimum absolute atomic E-state index is 0.0295. The third-order valence-electron chi connectivity index (χ3n) is 3.82. The number of imide groups is 1. The van der Waals surface area contributed by atoms with E-state index >= 15 is 0 Å². The van der Waals surface area contributed by atoms with E-state index in [9.17, 15) is 14.4 Å². The first-order valence-electron chi connectivity index (χ1n) is 6.35. The molecule has 19 heavy (non-hydrogen) atoms. The summed E-state index contributed by atoms with van der Waals surface area (Å²) in [5, 5.41) is 13.7. The van der Waals surface area contributed by atoms with Gasteiger partial charge in [0.25, 0.3) is 5.91 Å². The van der Waals surface area contributed by atoms with Gasteiger partial charge in [-0.25, -0.2) is 9.59 Å². The van der Waals surface area contributed by atoms with Gasteiger partial charge in [-0.15, -0.1) is 0 Å². The summed E-state index contributed by atoms with van der Waals surface area (Å²) in [6.07, 6.45) is 3.71. The Balaban J connectivity index is 2.60. The van der Waals surface area contributed by atoms with Crippen molar-refractivity contribution in [2.75, 3.05) is 0 Å². The van der Waals surface area contributed by atoms with Crippen LogP contribution in [0.25, 0.3) is 0 Å². The second-order valence-corrected chi connectivity index (χ2v) is 4.95. The van der Waals surface area contributed by atoms with Crippen LogP contribution in [0.1, 0.15) is 46.5 Å². The van der Waals surface area contributed by atoms with Crippen LogP contribution < -0.4 is 10.6 Å². The number of carbonyl (C=O) groups excluding carboxylic acids is 2. The van der Waals surface area contributed by atoms with Crippen LogP contribution in [0, 0.1) is 0 Å². The van der Waals surface area contributed by atoms with Crippen LogP contribution in [0.3, 0.4) is 0 Å². The molecule has 3 N–H and O–H groups in total. The van der Waals surface area contributed by atoms with Gasteiger partial charge in [0.2, 0.25) is 0 Å². The van der Waals surface area contributed by atoms with E-state index in [0.717, 1.165) is 25.7 Å². The van der Waals surface area contributed by atoms with Crippen LogP contribution in [0.15, 0.2) is 11.1 Å². The minimum atomic E-state index is -1.17. The van der Waals surface area contributed by atoms with Gasteiger partial charge in [0.05, 0.1) is 0 Å². The summed E-state index contributed by atoms with van der Waals surface area (Å²) in [5.41, 5.74) is -0.245. The fourth-order valence-electron chi connectivity index (χ4n) is 1.97. The van der Waals surface area contributed by atoms with Crippen molar-refractivity contribution in [2.45, 2.75) is 52.0 Å². The van der Waals surface area contributed by atoms with Crippen molar-refractivity contribution in [1.29, 1.82) is 0 Å². The van der Waals surface area contributed by atoms with Gasteiger partial charge in [-0.3, -0.25) is 10.1 Å². The highest BCUT2D eigenvalue weighted by Gasteiger charge is 2.36. The molecule has 1 saturated carbocycles. The van der Waals surface area contributed by atoms with E-state index in [1.165, 1.54) is 13.8 Å². The number of amides is 3. The Hall–Kier alpha value is -1.85. The van der Waals surface area contributed by atoms with Gasteiger partial charge in [-0.2, -0.15) is 0 Å². The number of rotatable bonds is 4. The summed E-state index contributed by atoms with van der Waals surface area (Å²) in [4.78, 5) is 34.1. The maximum absolute atomic E-state index is 11.7. The third-order valence-corrected chi connectivity index (χ3v) is 3.82. The second-order valence-electron chi connectivity index (χ2n) is 4.95. The lowest BCUT2D eigenvalue weighted by molar-refractivity contribution is -0.133. The molecule has 0 unspecified atom stereocenters. The van der Waals surface area contributed by atoms with E-state index in [1.54, 1.807) is 0 Å². The maximum Gasteiger partial charge on any atom is 0.331 e. The lowest BCUT2D eigenvalue weighted by Crippen LogP contribution is -2.56. The number of hydrogen-bond donors (Lipinski definition) is 3. The largest absolute Gasteiger partial charge is 0.478 e. The molecule has 1 aliphatic carbocycles. The molecular formula is C13H20N2O4. The monoisotopic (exact) mass is 268 g/mol. The average molecular weight is 268 g/mol. The molecule has 1 aliphatic rings. The Morgan fingerprint density at radius 2 is 1.74 bits per heavy atom. The normalized spacial score (nSPS) is 17.8. The van der Waals surface area contributed by atoms with Crippen molar-refractivity contribution in [3.63, 3.8) is 0 Å². The Morgan fingerprint density at radius 3 is 2.11 bits per heavy atom. The zero-order valence-electron chi connectivity index (χ0n) is 11.5. The number of carboxylic acids is 1. The summed E-state index contributed by atoms with van der Waals surface area (Å²) in [7, 11) is 0. The highest BCUT2D eigenvalue weighted by Crippen LogP contribution is 2.34. The van der Waals surface area contributed by atoms with Gasteiger partial charge in [0.15, 0.2) is 0 Å². The molecule has 0 atom stereocenters. The van der Waals surface area contributed by atoms with E-state index in [-0.39, 0.29) is 16.7 Å². The number of carbonyl (C=O) groups is 3. The predicted molar refractivity (Wildman–Crippen MR) is 69.6 cm³/mol. The van der Waals surface area contributed by atoms with Crippen LogP contribution in [0.2, 0.25) is 0 Å². The summed E-state index contributed by atoms with van der Waals surface area (Å²) in [6.45, 7) is 4.70. The molecule has 106 valence electrons. The summed E-state index contributed by atoms with van der Waals surface area (Å²) in [6, 6.07) is -0.566. The Morgan fingerprint density at radius 1 is 1.16 bits per heavy atom. The van der Waals surface area contributed by atoms with Gasteiger partial charge in [-0.05, 0) is 39.5 Å². The highest BCUT2D eigenvalue weighted by molar-refractivity contribution is 6.07. The molecular weight excluding hydrogens is 248 g/mol. The molecule has 1 rings (SSSR count). The standard InChI is InChI=1S/C13H20N2O4/c1-4-13(6-5-7-13)15-12(19)14-10(16)8(2)9(3)11(17)18/h4-7H2,1-3H3,(H,17,18)(H2,14,15,16,19). The van der Waals surface area contributed by atoms with Crippen molar-refractivity contribution >= 4 is 17.9 Å². The van der Waals surface area contributed by atoms with Gasteiger partial charge in [0, 0.05) is 16.7 Å². The highest BCUT2D eigenvalue weighted by atomic mass is 16.4. The Labute approximate surface area is 112 Å². The minimum Gasteiger partial charge on any atom is -0.478 e. The first kappa shape index (κ1) is 15.2. The molecule has 0 aliphatic heterocycles. The summed E-state index contributed by atoms with van der Waals surface area (Å²) in [5.74, 6) is -1.85. The molecule has 0 spiro atoms. The lowest BCUT2D eigenvalue weighted by Gasteiger charge is -2.41. The zero-order valence-corrected chi connectivity index (χ0v) is 11.5. The van der Waals surface area contributed by atoms with Gasteiger partial charge in [-0.1, -0.05) is 6.92 Å². The lowest BCUT2D eigenvalue weighted by atomic mass is 9.75. The SMILES string of the molecule is CCC1(NC(=O)NC(=O)C(C)=C(C)C(=O)O)CCC1. The van der Waals surface area contributed by atoms with E-state index in [4.69, 9.17) is 5.11 Å². The third kappa shape index (κ3) is 3.56. The molecule has 0 aromatic heterocycles. The van der Waals surface area contributed by atoms with Crippen LogP contribution >= 0.6 is 0 Å². The van der Waals surface area contributed by atoms with Crippen molar-refractivity contribution in [3.05, 3.63) is 11.1 Å². The summed E-state index contributed by atoms with van der Waals surface area (Å²) >= 11 is 0. The average Bonchev–Trinajstić information content (AvgIpc) is 2.31. The fraction of sp³-hybridized carbons (Fsp3) is 0.615. The second kappa shape index (κ2) is 5.86. The molecule has 6 nitrogen and oxygen atoms in total. The van der Waals surface area contributed by atoms with E-state index < -0.39 is 17.9 Å². The van der Waals surface area contributed by atoms with Crippen LogP contribution in [-0.2, 0) is 9.59 Å². The number of carboxylic acid groups (broad SMARTS) is 1. The van der Waals surface area contributed by atoms with Crippen molar-refractivity contribution in [1.82, 2.24) is 10.6 Å². The first-order chi connectivity index (χ1) is 8.81. The molecule has 0 aromatic rings. The number of aliphatic carboxylic acids is 1. The number of urea groups is 1. The number of nitrogens with one attached hydrogen (secondary N) is 2. The van der Waals surface area contributed by atoms with E-state index in [0.29, 0.717) is 0 Å². The molecule has 1 fully saturated rings. The molecule has 0 saturated heterocycles. The zero-order chi connectivity index (χ0) is 14.6. The molecule has 0 heterocycles. The van der Waals surface area contributed by atoms with Gasteiger partial charge < -0.3 is 10.4 Å². The van der Waals surface area contributed by atoms with E-state index in [2.05, 4.69) is 10.6 Å². The number of hydrogen-bond acceptors (Lipinski definition) is 3. The van der Waals surface area contributed by atoms with Crippen molar-refractivity contribution in [3.8, 4) is 0 Å². The Bertz CT molecular complexity index is 430.